The minimum atomic E-state index is -2.94. The van der Waals surface area contributed by atoms with Crippen molar-refractivity contribution in [2.24, 2.45) is 50.2 Å². The first-order valence-corrected chi connectivity index (χ1v) is 40.2. The number of hydrogen-bond acceptors (Lipinski definition) is 37. The van der Waals surface area contributed by atoms with Gasteiger partial charge in [-0.25, -0.2) is 4.79 Å². The van der Waals surface area contributed by atoms with Gasteiger partial charge in [0, 0.05) is 0 Å². The fourth-order valence-electron chi connectivity index (χ4n) is 20.8. The van der Waals surface area contributed by atoms with E-state index in [4.69, 9.17) is 71.1 Å². The number of ether oxygens (including phenoxy) is 15. The third-order valence-electron chi connectivity index (χ3n) is 28.3. The number of carbonyl (C=O) groups excluding carboxylic acids is 2. The average Bonchev–Trinajstić information content (AvgIpc) is 0.673. The van der Waals surface area contributed by atoms with Crippen LogP contribution in [0.25, 0.3) is 0 Å². The van der Waals surface area contributed by atoms with Crippen molar-refractivity contribution in [1.82, 2.24) is 0 Å². The normalized spacial score (nSPS) is 50.5. The minimum Gasteiger partial charge on any atom is -0.459 e. The van der Waals surface area contributed by atoms with Crippen LogP contribution in [-0.4, -0.2) is 362 Å². The molecule has 5 aliphatic carbocycles. The van der Waals surface area contributed by atoms with Crippen LogP contribution in [0.15, 0.2) is 36.0 Å². The number of fused-ring (bicyclic) bond motifs is 7. The summed E-state index contributed by atoms with van der Waals surface area (Å²) >= 11 is 0. The van der Waals surface area contributed by atoms with Gasteiger partial charge in [0.15, 0.2) is 43.7 Å². The summed E-state index contributed by atoms with van der Waals surface area (Å²) in [6, 6.07) is 0. The quantitative estimate of drug-likeness (QED) is 0.0151. The smallest absolute Gasteiger partial charge is 0.336 e. The fraction of sp³-hybridized carbons (Fsp3) is 0.897. The van der Waals surface area contributed by atoms with Gasteiger partial charge in [0.1, 0.15) is 135 Å². The molecule has 37 heteroatoms. The topological polar surface area (TPSA) is 577 Å². The van der Waals surface area contributed by atoms with Crippen molar-refractivity contribution in [1.29, 1.82) is 0 Å². The van der Waals surface area contributed by atoms with Crippen molar-refractivity contribution < 1.29 is 183 Å². The molecule has 7 saturated heterocycles. The summed E-state index contributed by atoms with van der Waals surface area (Å²) in [4.78, 5) is 29.7. The van der Waals surface area contributed by atoms with Gasteiger partial charge in [-0.1, -0.05) is 72.3 Å². The molecular weight excluding hydrogens is 1530 g/mol. The summed E-state index contributed by atoms with van der Waals surface area (Å²) in [5, 5.41) is 221. The molecule has 20 N–H and O–H groups in total. The van der Waals surface area contributed by atoms with Crippen molar-refractivity contribution in [3.63, 3.8) is 0 Å². The zero-order valence-corrected chi connectivity index (χ0v) is 66.4. The molecule has 0 aromatic carbocycles. The highest BCUT2D eigenvalue weighted by molar-refractivity contribution is 5.88. The van der Waals surface area contributed by atoms with Crippen LogP contribution in [0.4, 0.5) is 0 Å². The molecule has 0 aromatic heterocycles. The number of hydrogen-bond donors (Lipinski definition) is 20. The van der Waals surface area contributed by atoms with Crippen LogP contribution in [0.1, 0.15) is 139 Å². The summed E-state index contributed by atoms with van der Waals surface area (Å²) < 4.78 is 88.8. The summed E-state index contributed by atoms with van der Waals surface area (Å²) in [5.41, 5.74) is -4.17. The maximum absolute atomic E-state index is 16.1. The molecule has 7 aliphatic heterocycles. The van der Waals surface area contributed by atoms with Crippen molar-refractivity contribution in [2.45, 2.75) is 341 Å². The Labute approximate surface area is 666 Å². The SMILES string of the molecule is C=C[C@@](C)(O)CC/C=C(\CO)C(=O)OC[C@H]1O[C@@H](OC(=O)[C@]23CCC(C)(C)C[C@H]2C2=CC[C@@H]4[C@@]5(C)CC[C@H](O[C@]6(O)O[C@H](CO[C@@H]7OC[C@H](O)[C@H](O)[C@H]7O[C@@H]7OC[C@@H](O)[C@H](O)[C@H]7O)[C@@H](O)[C@H](O)[C@H]6O)C(C)(C)[C@@H]5CC[C@@]4(C)[C@]2(C)CC3)[C@H](O[C@@H]2O[C@@H](C)[C@H](O[C@@H]3OC[C@@H](O)[C@H](O[C@@H]4OC[C@@H](O)[C@H](O)[C@H]4O)[C@H]3O)[C@@H](O)[C@H]2O)[C@@H](O)[C@@H]1O. The maximum Gasteiger partial charge on any atom is 0.336 e. The molecule has 115 heavy (non-hydrogen) atoms. The lowest BCUT2D eigenvalue weighted by atomic mass is 9.33. The van der Waals surface area contributed by atoms with Crippen molar-refractivity contribution in [3.05, 3.63) is 36.0 Å². The largest absolute Gasteiger partial charge is 0.459 e. The average molecular weight is 1650 g/mol. The lowest BCUT2D eigenvalue weighted by molar-refractivity contribution is -0.469. The minimum absolute atomic E-state index is 0.0192. The molecule has 37 nitrogen and oxygen atoms in total. The summed E-state index contributed by atoms with van der Waals surface area (Å²) in [6.07, 6.45) is -43.4. The van der Waals surface area contributed by atoms with E-state index in [2.05, 4.69) is 47.3 Å². The van der Waals surface area contributed by atoms with Gasteiger partial charge < -0.3 is 173 Å². The zero-order chi connectivity index (χ0) is 84.1. The Hall–Kier alpha value is -3.16. The van der Waals surface area contributed by atoms with E-state index in [9.17, 15) is 107 Å². The van der Waals surface area contributed by atoms with E-state index in [1.54, 1.807) is 0 Å². The highest BCUT2D eigenvalue weighted by Gasteiger charge is 2.71. The van der Waals surface area contributed by atoms with Gasteiger partial charge in [-0.3, -0.25) is 4.79 Å². The van der Waals surface area contributed by atoms with E-state index in [1.807, 2.05) is 13.8 Å². The third-order valence-corrected chi connectivity index (χ3v) is 28.3. The first-order chi connectivity index (χ1) is 53.8. The van der Waals surface area contributed by atoms with Crippen molar-refractivity contribution >= 4 is 11.9 Å². The van der Waals surface area contributed by atoms with Gasteiger partial charge in [-0.05, 0) is 136 Å². The second-order valence-corrected chi connectivity index (χ2v) is 36.5. The van der Waals surface area contributed by atoms with Gasteiger partial charge in [-0.2, -0.15) is 0 Å². The predicted molar refractivity (Wildman–Crippen MR) is 386 cm³/mol. The van der Waals surface area contributed by atoms with Gasteiger partial charge in [-0.15, -0.1) is 6.58 Å². The Morgan fingerprint density at radius 3 is 1.76 bits per heavy atom. The number of allylic oxidation sites excluding steroid dienone is 3. The van der Waals surface area contributed by atoms with E-state index in [-0.39, 0.29) is 35.7 Å². The molecule has 12 rings (SSSR count). The van der Waals surface area contributed by atoms with Crippen LogP contribution in [0.3, 0.4) is 0 Å². The molecule has 12 aliphatic rings. The Kier molecular flexibility index (Phi) is 27.6. The predicted octanol–water partition coefficient (Wildman–Crippen LogP) is -4.47. The first-order valence-electron chi connectivity index (χ1n) is 40.2. The summed E-state index contributed by atoms with van der Waals surface area (Å²) in [6.45, 7) is 17.5. The van der Waals surface area contributed by atoms with Crippen molar-refractivity contribution in [2.75, 3.05) is 46.2 Å². The number of aliphatic hydroxyl groups excluding tert-OH is 18. The number of rotatable bonds is 23. The standard InChI is InChI=1S/C78H124O37/c1-11-73(7,99)18-12-13-34(26-79)63(97)101-31-41-49(87)51(89)61(112-67-56(94)52(90)58(33(2)107-67)109-66-57(95)59(40(83)30-104-66)110-64-54(92)46(84)37(80)27-102-64)69(108-41)113-70(98)77-23-21-71(3,4)25-36(77)35-14-15-44-74(8)19-17-45(72(5,6)43(74)16-20-76(44,10)75(35,9)22-24-77)115-78(100)62(96)53(91)50(88)42(114-78)32-106-68-60(48(86)39(82)29-105-68)111-65-55(93)47(85)38(81)28-103-65/h11,13-14,33,36-62,64-69,79-96,99-100H,1,12,15-32H2,2-10H3/b34-13+/t33-,36-,37+,38+,39-,40+,41+,42+,43-,44+,45-,46-,47-,48-,49+,50+,51-,52-,53-,54+,55+,56+,57+,58-,59-,60+,61+,62+,64-,65-,66-,67-,68-,69-,73+,74-,75+,76+,77-,78+/m0/s1. The second kappa shape index (κ2) is 34.9. The summed E-state index contributed by atoms with van der Waals surface area (Å²) in [5.74, 6) is -5.27. The maximum atomic E-state index is 16.1. The van der Waals surface area contributed by atoms with Crippen LogP contribution in [0.2, 0.25) is 0 Å². The fourth-order valence-corrected chi connectivity index (χ4v) is 20.8. The molecule has 4 saturated carbocycles. The molecule has 658 valence electrons. The first kappa shape index (κ1) is 91.1. The van der Waals surface area contributed by atoms with Gasteiger partial charge in [0.25, 0.3) is 0 Å². The van der Waals surface area contributed by atoms with Crippen LogP contribution in [0, 0.1) is 50.2 Å². The van der Waals surface area contributed by atoms with E-state index >= 15 is 4.79 Å². The Bertz CT molecular complexity index is 3400. The Balaban J connectivity index is 0.760. The highest BCUT2D eigenvalue weighted by atomic mass is 16.8. The van der Waals surface area contributed by atoms with Gasteiger partial charge in [0.2, 0.25) is 6.29 Å². The second-order valence-electron chi connectivity index (χ2n) is 36.5. The Morgan fingerprint density at radius 2 is 1.12 bits per heavy atom. The van der Waals surface area contributed by atoms with Crippen LogP contribution in [-0.2, 0) is 80.6 Å². The van der Waals surface area contributed by atoms with Crippen LogP contribution >= 0.6 is 0 Å². The van der Waals surface area contributed by atoms with E-state index in [1.165, 1.54) is 26.0 Å². The van der Waals surface area contributed by atoms with Crippen LogP contribution in [0.5, 0.6) is 0 Å². The molecule has 40 atom stereocenters. The van der Waals surface area contributed by atoms with E-state index < -0.39 is 293 Å². The molecule has 0 radical (unpaired) electrons. The summed E-state index contributed by atoms with van der Waals surface area (Å²) in [7, 11) is 0. The third kappa shape index (κ3) is 17.3. The lowest BCUT2D eigenvalue weighted by Gasteiger charge is -2.71. The number of aliphatic hydroxyl groups is 20. The zero-order valence-electron chi connectivity index (χ0n) is 66.4. The molecule has 0 aromatic rings. The monoisotopic (exact) mass is 1650 g/mol. The highest BCUT2D eigenvalue weighted by Crippen LogP contribution is 2.76. The molecule has 0 unspecified atom stereocenters. The lowest BCUT2D eigenvalue weighted by Crippen LogP contribution is -2.69. The van der Waals surface area contributed by atoms with Crippen molar-refractivity contribution in [3.8, 4) is 0 Å². The molecule has 0 spiro atoms. The molecule has 11 fully saturated rings. The molecule has 7 heterocycles. The van der Waals surface area contributed by atoms with Gasteiger partial charge in [0.05, 0.1) is 68.4 Å². The van der Waals surface area contributed by atoms with Crippen LogP contribution < -0.4 is 0 Å². The van der Waals surface area contributed by atoms with Gasteiger partial charge >= 0.3 is 17.9 Å². The van der Waals surface area contributed by atoms with E-state index in [0.717, 1.165) is 5.57 Å². The number of carbonyl (C=O) groups is 2. The molecule has 0 amide bonds. The molecular formula is C78H124O37. The number of esters is 2. The Morgan fingerprint density at radius 1 is 0.574 bits per heavy atom. The van der Waals surface area contributed by atoms with E-state index in [0.29, 0.717) is 64.2 Å². The molecule has 0 bridgehead atoms.